The average Bonchev–Trinajstić information content (AvgIpc) is 3.41. The Morgan fingerprint density at radius 1 is 1.08 bits per heavy atom. The number of carbonyl (C=O) groups excluding carboxylic acids is 2. The zero-order valence-electron chi connectivity index (χ0n) is 22.3. The van der Waals surface area contributed by atoms with Gasteiger partial charge in [-0.1, -0.05) is 55.3 Å². The van der Waals surface area contributed by atoms with Gasteiger partial charge in [0.05, 0.1) is 24.5 Å². The van der Waals surface area contributed by atoms with Crippen LogP contribution in [0.5, 0.6) is 5.75 Å². The summed E-state index contributed by atoms with van der Waals surface area (Å²) in [6.45, 7) is 6.55. The maximum Gasteiger partial charge on any atom is 0.233 e. The molecule has 1 N–H and O–H groups in total. The topological polar surface area (TPSA) is 66.8 Å². The average molecular weight is 500 g/mol. The maximum atomic E-state index is 13.0. The molecule has 2 fully saturated rings. The normalized spacial score (nSPS) is 25.6. The molecular formula is C32H37NO4. The number of allylic oxidation sites excluding steroid dienone is 2. The third kappa shape index (κ3) is 4.66. The first-order valence-corrected chi connectivity index (χ1v) is 13.5. The van der Waals surface area contributed by atoms with Gasteiger partial charge in [0.2, 0.25) is 11.8 Å². The molecule has 4 atom stereocenters. The number of phenols is 1. The van der Waals surface area contributed by atoms with Gasteiger partial charge >= 0.3 is 0 Å². The minimum atomic E-state index is -0.273. The van der Waals surface area contributed by atoms with Crippen molar-refractivity contribution >= 4 is 23.5 Å². The Morgan fingerprint density at radius 3 is 2.46 bits per heavy atom. The summed E-state index contributed by atoms with van der Waals surface area (Å²) in [4.78, 5) is 27.1. The Kier molecular flexibility index (Phi) is 7.09. The molecule has 194 valence electrons. The monoisotopic (exact) mass is 499 g/mol. The van der Waals surface area contributed by atoms with Gasteiger partial charge in [0, 0.05) is 13.0 Å². The van der Waals surface area contributed by atoms with Crippen LogP contribution in [0.2, 0.25) is 0 Å². The lowest BCUT2D eigenvalue weighted by atomic mass is 9.68. The number of rotatable bonds is 7. The summed E-state index contributed by atoms with van der Waals surface area (Å²) in [5.41, 5.74) is 7.83. The standard InChI is InChI=1S/C32H37NO4/c1-5-9-24-17-25-29(32(36)33(4)31(25)35)26-18-37-27(28(24)26)13-12-23(22-10-7-6-8-11-22)16-21-14-19(2)30(34)20(3)15-21/h6-8,10-11,14-16,25-27,29,34H,5,9,12-13,17-18H2,1-4H3/b23-16-/t25-,26+,27-,29-/m1/s1. The number of imide groups is 1. The highest BCUT2D eigenvalue weighted by Crippen LogP contribution is 2.50. The molecule has 2 aromatic carbocycles. The van der Waals surface area contributed by atoms with Crippen LogP contribution in [-0.4, -0.2) is 41.6 Å². The molecule has 5 heteroatoms. The second-order valence-corrected chi connectivity index (χ2v) is 10.9. The van der Waals surface area contributed by atoms with Gasteiger partial charge in [0.15, 0.2) is 0 Å². The fourth-order valence-electron chi connectivity index (χ4n) is 6.68. The first kappa shape index (κ1) is 25.5. The van der Waals surface area contributed by atoms with Crippen molar-refractivity contribution in [2.24, 2.45) is 17.8 Å². The predicted molar refractivity (Wildman–Crippen MR) is 146 cm³/mol. The first-order chi connectivity index (χ1) is 17.8. The van der Waals surface area contributed by atoms with Crippen LogP contribution in [-0.2, 0) is 14.3 Å². The molecular weight excluding hydrogens is 462 g/mol. The second-order valence-electron chi connectivity index (χ2n) is 10.9. The summed E-state index contributed by atoms with van der Waals surface area (Å²) in [6.07, 6.45) is 6.49. The lowest BCUT2D eigenvalue weighted by Gasteiger charge is -2.32. The van der Waals surface area contributed by atoms with Gasteiger partial charge in [-0.25, -0.2) is 0 Å². The van der Waals surface area contributed by atoms with Crippen molar-refractivity contribution in [3.63, 3.8) is 0 Å². The SMILES string of the molecule is CCCC1=C2[C@@H](CC/C(=C/c3cc(C)c(O)c(C)c3)c3ccccc3)OC[C@@H]2[C@@H]2C(=O)N(C)C(=O)[C@@H]2C1. The number of phenolic OH excluding ortho intramolecular Hbond substituents is 1. The molecule has 37 heavy (non-hydrogen) atoms. The zero-order valence-corrected chi connectivity index (χ0v) is 22.3. The zero-order chi connectivity index (χ0) is 26.3. The Labute approximate surface area is 219 Å². The number of amides is 2. The molecule has 2 aromatic rings. The van der Waals surface area contributed by atoms with Crippen LogP contribution in [0.15, 0.2) is 53.6 Å². The minimum Gasteiger partial charge on any atom is -0.507 e. The van der Waals surface area contributed by atoms with E-state index >= 15 is 0 Å². The molecule has 0 unspecified atom stereocenters. The Morgan fingerprint density at radius 2 is 1.78 bits per heavy atom. The molecule has 2 saturated heterocycles. The highest BCUT2D eigenvalue weighted by Gasteiger charge is 2.55. The summed E-state index contributed by atoms with van der Waals surface area (Å²) in [5.74, 6) is -0.208. The van der Waals surface area contributed by atoms with Crippen LogP contribution in [0.25, 0.3) is 11.6 Å². The van der Waals surface area contributed by atoms with Crippen molar-refractivity contribution < 1.29 is 19.4 Å². The fourth-order valence-corrected chi connectivity index (χ4v) is 6.68. The summed E-state index contributed by atoms with van der Waals surface area (Å²) in [7, 11) is 1.62. The number of fused-ring (bicyclic) bond motifs is 3. The maximum absolute atomic E-state index is 13.0. The van der Waals surface area contributed by atoms with E-state index in [2.05, 4.69) is 37.3 Å². The van der Waals surface area contributed by atoms with E-state index in [1.54, 1.807) is 7.05 Å². The van der Waals surface area contributed by atoms with Crippen molar-refractivity contribution in [2.45, 2.75) is 59.0 Å². The molecule has 2 heterocycles. The molecule has 3 aliphatic rings. The van der Waals surface area contributed by atoms with Crippen molar-refractivity contribution in [3.8, 4) is 5.75 Å². The molecule has 0 aromatic heterocycles. The van der Waals surface area contributed by atoms with Crippen LogP contribution < -0.4 is 0 Å². The molecule has 0 saturated carbocycles. The molecule has 0 spiro atoms. The Bertz CT molecular complexity index is 1250. The number of nitrogens with zero attached hydrogens (tertiary/aromatic N) is 1. The van der Waals surface area contributed by atoms with Crippen LogP contribution in [0.4, 0.5) is 0 Å². The van der Waals surface area contributed by atoms with Gasteiger partial charge in [-0.2, -0.15) is 0 Å². The van der Waals surface area contributed by atoms with Crippen LogP contribution in [0.1, 0.15) is 61.3 Å². The molecule has 0 radical (unpaired) electrons. The van der Waals surface area contributed by atoms with Gasteiger partial charge in [-0.05, 0) is 85.1 Å². The van der Waals surface area contributed by atoms with Crippen LogP contribution in [0, 0.1) is 31.6 Å². The number of ether oxygens (including phenoxy) is 1. The number of benzene rings is 2. The van der Waals surface area contributed by atoms with E-state index in [-0.39, 0.29) is 35.7 Å². The van der Waals surface area contributed by atoms with Crippen molar-refractivity contribution in [1.82, 2.24) is 4.90 Å². The first-order valence-electron chi connectivity index (χ1n) is 13.5. The third-order valence-electron chi connectivity index (χ3n) is 8.45. The van der Waals surface area contributed by atoms with Gasteiger partial charge in [-0.3, -0.25) is 14.5 Å². The number of hydrogen-bond acceptors (Lipinski definition) is 4. The van der Waals surface area contributed by atoms with E-state index in [0.29, 0.717) is 18.8 Å². The lowest BCUT2D eigenvalue weighted by molar-refractivity contribution is -0.138. The highest BCUT2D eigenvalue weighted by atomic mass is 16.5. The van der Waals surface area contributed by atoms with Crippen molar-refractivity contribution in [2.75, 3.05) is 13.7 Å². The van der Waals surface area contributed by atoms with E-state index in [0.717, 1.165) is 42.4 Å². The summed E-state index contributed by atoms with van der Waals surface area (Å²) < 4.78 is 6.39. The largest absolute Gasteiger partial charge is 0.507 e. The molecule has 0 bridgehead atoms. The smallest absolute Gasteiger partial charge is 0.233 e. The van der Waals surface area contributed by atoms with E-state index in [4.69, 9.17) is 4.74 Å². The van der Waals surface area contributed by atoms with Gasteiger partial charge < -0.3 is 9.84 Å². The van der Waals surface area contributed by atoms with E-state index in [1.165, 1.54) is 27.2 Å². The van der Waals surface area contributed by atoms with E-state index in [1.807, 2.05) is 32.0 Å². The number of aryl methyl sites for hydroxylation is 2. The molecule has 2 amide bonds. The minimum absolute atomic E-state index is 0.0123. The van der Waals surface area contributed by atoms with Gasteiger partial charge in [0.25, 0.3) is 0 Å². The molecule has 2 aliphatic heterocycles. The predicted octanol–water partition coefficient (Wildman–Crippen LogP) is 6.08. The number of aromatic hydroxyl groups is 1. The molecule has 5 nitrogen and oxygen atoms in total. The van der Waals surface area contributed by atoms with E-state index in [9.17, 15) is 14.7 Å². The van der Waals surface area contributed by atoms with Crippen molar-refractivity contribution in [1.29, 1.82) is 0 Å². The molecule has 5 rings (SSSR count). The summed E-state index contributed by atoms with van der Waals surface area (Å²) in [5, 5.41) is 10.2. The highest BCUT2D eigenvalue weighted by molar-refractivity contribution is 6.05. The Hall–Kier alpha value is -3.18. The van der Waals surface area contributed by atoms with Gasteiger partial charge in [0.1, 0.15) is 5.75 Å². The summed E-state index contributed by atoms with van der Waals surface area (Å²) in [6, 6.07) is 14.5. The third-order valence-corrected chi connectivity index (χ3v) is 8.45. The quantitative estimate of drug-likeness (QED) is 0.285. The number of carbonyl (C=O) groups is 2. The van der Waals surface area contributed by atoms with E-state index < -0.39 is 0 Å². The Balaban J connectivity index is 1.45. The van der Waals surface area contributed by atoms with Crippen molar-refractivity contribution in [3.05, 3.63) is 75.9 Å². The number of likely N-dealkylation sites (tertiary alicyclic amines) is 1. The van der Waals surface area contributed by atoms with Crippen LogP contribution in [0.3, 0.4) is 0 Å². The lowest BCUT2D eigenvalue weighted by Crippen LogP contribution is -2.34. The fraction of sp³-hybridized carbons (Fsp3) is 0.438. The van der Waals surface area contributed by atoms with Gasteiger partial charge in [-0.15, -0.1) is 0 Å². The van der Waals surface area contributed by atoms with Crippen LogP contribution >= 0.6 is 0 Å². The second kappa shape index (κ2) is 10.3. The summed E-state index contributed by atoms with van der Waals surface area (Å²) >= 11 is 0. The molecule has 1 aliphatic carbocycles. The number of hydrogen-bond donors (Lipinski definition) is 1.